The van der Waals surface area contributed by atoms with Gasteiger partial charge in [0.2, 0.25) is 0 Å². The van der Waals surface area contributed by atoms with Crippen LogP contribution >= 0.6 is 23.2 Å². The number of ether oxygens (including phenoxy) is 1. The molecule has 0 atom stereocenters. The molecule has 1 amide bonds. The van der Waals surface area contributed by atoms with Crippen molar-refractivity contribution in [1.82, 2.24) is 20.1 Å². The summed E-state index contributed by atoms with van der Waals surface area (Å²) in [5.41, 5.74) is 4.97. The van der Waals surface area contributed by atoms with Crippen molar-refractivity contribution in [2.24, 2.45) is 0 Å². The standard InChI is InChI=1S/C31H37Cl2N5O2/c1-22-6-4-7-25-28(22)36-30-26(8-5-9-27(30)31(39)34-16-19-37(2)3)29(25)35-23-10-12-24(13-11-23)40-21-20-38(17-14-32)18-15-33/h4-13H,14-21H2,1-3H3,(H,34,39)(H,35,36). The zero-order valence-corrected chi connectivity index (χ0v) is 24.9. The van der Waals surface area contributed by atoms with Crippen LogP contribution in [0.1, 0.15) is 15.9 Å². The van der Waals surface area contributed by atoms with Crippen LogP contribution in [0.4, 0.5) is 11.4 Å². The number of aryl methyl sites for hydroxylation is 1. The van der Waals surface area contributed by atoms with Crippen LogP contribution in [0.15, 0.2) is 60.7 Å². The molecule has 1 heterocycles. The molecule has 4 rings (SSSR count). The smallest absolute Gasteiger partial charge is 0.253 e. The number of halogens is 2. The van der Waals surface area contributed by atoms with Gasteiger partial charge in [-0.3, -0.25) is 9.69 Å². The number of carbonyl (C=O) groups excluding carboxylic acids is 1. The maximum atomic E-state index is 13.1. The molecule has 0 aliphatic carbocycles. The van der Waals surface area contributed by atoms with Crippen molar-refractivity contribution in [3.05, 3.63) is 71.8 Å². The first-order chi connectivity index (χ1) is 19.4. The highest BCUT2D eigenvalue weighted by Crippen LogP contribution is 2.35. The number of alkyl halides is 2. The highest BCUT2D eigenvalue weighted by atomic mass is 35.5. The van der Waals surface area contributed by atoms with E-state index in [1.165, 1.54) is 0 Å². The first-order valence-electron chi connectivity index (χ1n) is 13.5. The van der Waals surface area contributed by atoms with E-state index in [0.29, 0.717) is 36.0 Å². The molecule has 7 nitrogen and oxygen atoms in total. The van der Waals surface area contributed by atoms with Gasteiger partial charge in [0.05, 0.1) is 22.3 Å². The molecular formula is C31H37Cl2N5O2. The third-order valence-corrected chi connectivity index (χ3v) is 7.06. The molecule has 40 heavy (non-hydrogen) atoms. The lowest BCUT2D eigenvalue weighted by atomic mass is 10.0. The maximum absolute atomic E-state index is 13.1. The summed E-state index contributed by atoms with van der Waals surface area (Å²) in [6.07, 6.45) is 0. The Morgan fingerprint density at radius 1 is 0.875 bits per heavy atom. The summed E-state index contributed by atoms with van der Waals surface area (Å²) in [5.74, 6) is 1.80. The fourth-order valence-electron chi connectivity index (χ4n) is 4.58. The second-order valence-electron chi connectivity index (χ2n) is 9.94. The minimum absolute atomic E-state index is 0.129. The van der Waals surface area contributed by atoms with Gasteiger partial charge in [-0.2, -0.15) is 0 Å². The number of hydrogen-bond acceptors (Lipinski definition) is 6. The largest absolute Gasteiger partial charge is 0.492 e. The Hall–Kier alpha value is -3.10. The lowest BCUT2D eigenvalue weighted by Gasteiger charge is -2.20. The molecule has 2 N–H and O–H groups in total. The summed E-state index contributed by atoms with van der Waals surface area (Å²) in [4.78, 5) is 22.4. The number of likely N-dealkylation sites (N-methyl/N-ethyl adjacent to an activating group) is 1. The van der Waals surface area contributed by atoms with Crippen LogP contribution in [0, 0.1) is 6.92 Å². The van der Waals surface area contributed by atoms with Gasteiger partial charge in [-0.25, -0.2) is 4.98 Å². The first-order valence-corrected chi connectivity index (χ1v) is 14.6. The van der Waals surface area contributed by atoms with E-state index < -0.39 is 0 Å². The van der Waals surface area contributed by atoms with Crippen molar-refractivity contribution in [2.45, 2.75) is 6.92 Å². The van der Waals surface area contributed by atoms with E-state index in [4.69, 9.17) is 32.9 Å². The topological polar surface area (TPSA) is 69.7 Å². The molecule has 212 valence electrons. The summed E-state index contributed by atoms with van der Waals surface area (Å²) in [7, 11) is 3.97. The Bertz CT molecular complexity index is 1420. The van der Waals surface area contributed by atoms with E-state index >= 15 is 0 Å². The molecule has 0 spiro atoms. The number of carbonyl (C=O) groups is 1. The maximum Gasteiger partial charge on any atom is 0.253 e. The number of amides is 1. The van der Waals surface area contributed by atoms with Crippen LogP contribution in [-0.4, -0.2) is 85.9 Å². The number of pyridine rings is 1. The molecule has 3 aromatic carbocycles. The SMILES string of the molecule is Cc1cccc2c(Nc3ccc(OCCN(CCCl)CCCl)cc3)c3cccc(C(=O)NCCN(C)C)c3nc12. The second-order valence-corrected chi connectivity index (χ2v) is 10.7. The number of aromatic nitrogens is 1. The third kappa shape index (κ3) is 7.55. The lowest BCUT2D eigenvalue weighted by molar-refractivity contribution is 0.0952. The van der Waals surface area contributed by atoms with Crippen molar-refractivity contribution in [2.75, 3.05) is 70.5 Å². The predicted octanol–water partition coefficient (Wildman–Crippen LogP) is 5.89. The third-order valence-electron chi connectivity index (χ3n) is 6.73. The highest BCUT2D eigenvalue weighted by Gasteiger charge is 2.17. The number of nitrogens with one attached hydrogen (secondary N) is 2. The zero-order valence-electron chi connectivity index (χ0n) is 23.3. The van der Waals surface area contributed by atoms with Gasteiger partial charge in [-0.15, -0.1) is 23.2 Å². The van der Waals surface area contributed by atoms with Gasteiger partial charge in [-0.05, 0) is 56.9 Å². The molecule has 0 saturated carbocycles. The van der Waals surface area contributed by atoms with E-state index in [2.05, 4.69) is 21.6 Å². The van der Waals surface area contributed by atoms with E-state index in [1.54, 1.807) is 0 Å². The molecule has 0 saturated heterocycles. The number of nitrogens with zero attached hydrogens (tertiary/aromatic N) is 3. The van der Waals surface area contributed by atoms with E-state index in [-0.39, 0.29) is 5.91 Å². The predicted molar refractivity (Wildman–Crippen MR) is 168 cm³/mol. The summed E-state index contributed by atoms with van der Waals surface area (Å²) in [6.45, 7) is 6.25. The second kappa shape index (κ2) is 14.5. The highest BCUT2D eigenvalue weighted by molar-refractivity contribution is 6.18. The molecular weight excluding hydrogens is 545 g/mol. The molecule has 4 aromatic rings. The van der Waals surface area contributed by atoms with Gasteiger partial charge in [0.1, 0.15) is 12.4 Å². The number of hydrogen-bond donors (Lipinski definition) is 2. The molecule has 0 bridgehead atoms. The normalized spacial score (nSPS) is 11.5. The fourth-order valence-corrected chi connectivity index (χ4v) is 5.06. The van der Waals surface area contributed by atoms with Crippen LogP contribution in [0.25, 0.3) is 21.8 Å². The van der Waals surface area contributed by atoms with Crippen LogP contribution < -0.4 is 15.4 Å². The van der Waals surface area contributed by atoms with Gasteiger partial charge in [0.15, 0.2) is 0 Å². The summed E-state index contributed by atoms with van der Waals surface area (Å²) < 4.78 is 5.97. The Kier molecular flexibility index (Phi) is 10.8. The molecule has 0 radical (unpaired) electrons. The fraction of sp³-hybridized carbons (Fsp3) is 0.355. The van der Waals surface area contributed by atoms with Crippen molar-refractivity contribution in [3.63, 3.8) is 0 Å². The molecule has 0 aliphatic heterocycles. The number of fused-ring (bicyclic) bond motifs is 2. The number of para-hydroxylation sites is 2. The number of benzene rings is 3. The van der Waals surface area contributed by atoms with Gasteiger partial charge in [0, 0.05) is 60.9 Å². The molecule has 0 unspecified atom stereocenters. The number of anilines is 2. The minimum Gasteiger partial charge on any atom is -0.492 e. The minimum atomic E-state index is -0.129. The average Bonchev–Trinajstić information content (AvgIpc) is 2.94. The van der Waals surface area contributed by atoms with E-state index in [0.717, 1.165) is 65.2 Å². The van der Waals surface area contributed by atoms with Crippen LogP contribution in [0.5, 0.6) is 5.75 Å². The van der Waals surface area contributed by atoms with Crippen molar-refractivity contribution in [3.8, 4) is 5.75 Å². The molecule has 9 heteroatoms. The van der Waals surface area contributed by atoms with E-state index in [9.17, 15) is 4.79 Å². The van der Waals surface area contributed by atoms with Gasteiger partial charge < -0.3 is 20.3 Å². The van der Waals surface area contributed by atoms with Crippen LogP contribution in [0.2, 0.25) is 0 Å². The van der Waals surface area contributed by atoms with Crippen LogP contribution in [0.3, 0.4) is 0 Å². The summed E-state index contributed by atoms with van der Waals surface area (Å²) in [6, 6.07) is 19.8. The van der Waals surface area contributed by atoms with Crippen LogP contribution in [-0.2, 0) is 0 Å². The zero-order chi connectivity index (χ0) is 28.5. The lowest BCUT2D eigenvalue weighted by Crippen LogP contribution is -2.32. The van der Waals surface area contributed by atoms with Crippen molar-refractivity contribution < 1.29 is 9.53 Å². The Balaban J connectivity index is 1.60. The number of rotatable bonds is 14. The van der Waals surface area contributed by atoms with E-state index in [1.807, 2.05) is 80.5 Å². The van der Waals surface area contributed by atoms with Gasteiger partial charge in [0.25, 0.3) is 5.91 Å². The van der Waals surface area contributed by atoms with Crippen molar-refractivity contribution >= 4 is 62.3 Å². The van der Waals surface area contributed by atoms with Crippen molar-refractivity contribution in [1.29, 1.82) is 0 Å². The average molecular weight is 583 g/mol. The Morgan fingerprint density at radius 2 is 1.55 bits per heavy atom. The molecule has 0 fully saturated rings. The summed E-state index contributed by atoms with van der Waals surface area (Å²) in [5, 5.41) is 8.52. The quantitative estimate of drug-likeness (QED) is 0.143. The first kappa shape index (κ1) is 29.9. The molecule has 1 aromatic heterocycles. The van der Waals surface area contributed by atoms with Gasteiger partial charge in [-0.1, -0.05) is 30.3 Å². The monoisotopic (exact) mass is 581 g/mol. The Labute approximate surface area is 246 Å². The summed E-state index contributed by atoms with van der Waals surface area (Å²) >= 11 is 11.8. The van der Waals surface area contributed by atoms with Gasteiger partial charge >= 0.3 is 0 Å². The Morgan fingerprint density at radius 3 is 2.23 bits per heavy atom. The molecule has 0 aliphatic rings.